The lowest BCUT2D eigenvalue weighted by Gasteiger charge is -2.29. The first-order valence-corrected chi connectivity index (χ1v) is 9.87. The van der Waals surface area contributed by atoms with Gasteiger partial charge in [-0.25, -0.2) is 21.9 Å². The van der Waals surface area contributed by atoms with Crippen LogP contribution in [-0.4, -0.2) is 41.6 Å². The highest BCUT2D eigenvalue weighted by Crippen LogP contribution is 2.39. The number of hydrogen-bond donors (Lipinski definition) is 1. The predicted octanol–water partition coefficient (Wildman–Crippen LogP) is 2.15. The maximum Gasteiger partial charge on any atom is 0.248 e. The maximum atomic E-state index is 13.7. The normalized spacial score (nSPS) is 20.2. The van der Waals surface area contributed by atoms with Gasteiger partial charge < -0.3 is 0 Å². The predicted molar refractivity (Wildman–Crippen MR) is 91.1 cm³/mol. The summed E-state index contributed by atoms with van der Waals surface area (Å²) in [6.07, 6.45) is 1.41. The molecule has 1 unspecified atom stereocenters. The Hall–Kier alpha value is -1.94. The molecular weight excluding hydrogens is 364 g/mol. The molecule has 0 saturated heterocycles. The topological polar surface area (TPSA) is 89.8 Å². The molecule has 1 atom stereocenters. The van der Waals surface area contributed by atoms with Crippen LogP contribution in [0.15, 0.2) is 23.1 Å². The summed E-state index contributed by atoms with van der Waals surface area (Å²) in [5.74, 6) is -2.53. The molecule has 0 amide bonds. The summed E-state index contributed by atoms with van der Waals surface area (Å²) in [5, 5.41) is 11.9. The minimum Gasteiger partial charge on any atom is -0.214 e. The number of aromatic nitrogens is 4. The molecule has 1 aromatic heterocycles. The van der Waals surface area contributed by atoms with Crippen LogP contribution in [0.1, 0.15) is 31.2 Å². The molecule has 1 aliphatic rings. The van der Waals surface area contributed by atoms with E-state index in [0.29, 0.717) is 18.4 Å². The minimum absolute atomic E-state index is 0.0680. The lowest BCUT2D eigenvalue weighted by atomic mass is 9.82. The molecule has 0 bridgehead atoms. The van der Waals surface area contributed by atoms with Crippen LogP contribution in [0.2, 0.25) is 0 Å². The van der Waals surface area contributed by atoms with Crippen LogP contribution in [0.5, 0.6) is 0 Å². The highest BCUT2D eigenvalue weighted by atomic mass is 32.2. The van der Waals surface area contributed by atoms with Crippen molar-refractivity contribution in [2.24, 2.45) is 13.0 Å². The SMILES string of the molecule is CNS(=O)(=O)c1ccc(CC2CCCC(F)(F)C2)c(-c2nnn(C)n2)c1. The third-order valence-electron chi connectivity index (χ3n) is 4.66. The van der Waals surface area contributed by atoms with Crippen molar-refractivity contribution < 1.29 is 17.2 Å². The van der Waals surface area contributed by atoms with Gasteiger partial charge in [0, 0.05) is 18.4 Å². The molecule has 3 rings (SSSR count). The quantitative estimate of drug-likeness (QED) is 0.852. The Labute approximate surface area is 150 Å². The van der Waals surface area contributed by atoms with E-state index < -0.39 is 15.9 Å². The molecule has 1 aromatic carbocycles. The summed E-state index contributed by atoms with van der Waals surface area (Å²) < 4.78 is 53.9. The van der Waals surface area contributed by atoms with Crippen LogP contribution >= 0.6 is 0 Å². The van der Waals surface area contributed by atoms with Crippen molar-refractivity contribution >= 4 is 10.0 Å². The zero-order valence-corrected chi connectivity index (χ0v) is 15.4. The molecule has 26 heavy (non-hydrogen) atoms. The van der Waals surface area contributed by atoms with Gasteiger partial charge in [0.05, 0.1) is 11.9 Å². The largest absolute Gasteiger partial charge is 0.248 e. The number of halogens is 2. The molecule has 7 nitrogen and oxygen atoms in total. The fraction of sp³-hybridized carbons (Fsp3) is 0.562. The van der Waals surface area contributed by atoms with E-state index in [-0.39, 0.29) is 29.5 Å². The zero-order chi connectivity index (χ0) is 18.9. The number of nitrogens with one attached hydrogen (secondary N) is 1. The number of nitrogens with zero attached hydrogens (tertiary/aromatic N) is 4. The van der Waals surface area contributed by atoms with E-state index in [1.165, 1.54) is 24.0 Å². The Morgan fingerprint density at radius 1 is 1.38 bits per heavy atom. The van der Waals surface area contributed by atoms with Crippen LogP contribution in [0.25, 0.3) is 11.4 Å². The van der Waals surface area contributed by atoms with Crippen LogP contribution in [0, 0.1) is 5.92 Å². The molecule has 2 aromatic rings. The van der Waals surface area contributed by atoms with Gasteiger partial charge in [-0.2, -0.15) is 4.80 Å². The van der Waals surface area contributed by atoms with Gasteiger partial charge in [-0.1, -0.05) is 6.07 Å². The molecule has 1 N–H and O–H groups in total. The fourth-order valence-electron chi connectivity index (χ4n) is 3.38. The average molecular weight is 385 g/mol. The standard InChI is InChI=1S/C16H21F2N5O2S/c1-19-26(24,25)13-6-5-12(8-11-4-3-7-16(17,18)10-11)14(9-13)15-20-22-23(2)21-15/h5-6,9,11,19H,3-4,7-8,10H2,1-2H3. The monoisotopic (exact) mass is 385 g/mol. The van der Waals surface area contributed by atoms with Crippen LogP contribution in [-0.2, 0) is 23.5 Å². The molecule has 0 radical (unpaired) electrons. The smallest absolute Gasteiger partial charge is 0.214 e. The lowest BCUT2D eigenvalue weighted by Crippen LogP contribution is -2.27. The van der Waals surface area contributed by atoms with E-state index in [1.807, 2.05) is 0 Å². The summed E-state index contributed by atoms with van der Waals surface area (Å²) in [7, 11) is -0.713. The van der Waals surface area contributed by atoms with Crippen molar-refractivity contribution in [2.45, 2.75) is 42.9 Å². The lowest BCUT2D eigenvalue weighted by molar-refractivity contribution is -0.0521. The van der Waals surface area contributed by atoms with Crippen molar-refractivity contribution in [3.8, 4) is 11.4 Å². The maximum absolute atomic E-state index is 13.7. The summed E-state index contributed by atoms with van der Waals surface area (Å²) in [6, 6.07) is 4.60. The fourth-order valence-corrected chi connectivity index (χ4v) is 4.14. The van der Waals surface area contributed by atoms with E-state index in [0.717, 1.165) is 12.0 Å². The molecule has 142 valence electrons. The highest BCUT2D eigenvalue weighted by Gasteiger charge is 2.36. The number of benzene rings is 1. The molecular formula is C16H21F2N5O2S. The zero-order valence-electron chi connectivity index (χ0n) is 14.6. The Morgan fingerprint density at radius 2 is 2.15 bits per heavy atom. The van der Waals surface area contributed by atoms with Gasteiger partial charge >= 0.3 is 0 Å². The van der Waals surface area contributed by atoms with E-state index in [9.17, 15) is 17.2 Å². The molecule has 10 heteroatoms. The number of alkyl halides is 2. The van der Waals surface area contributed by atoms with Gasteiger partial charge in [0.2, 0.25) is 21.8 Å². The number of rotatable bonds is 5. The van der Waals surface area contributed by atoms with Crippen molar-refractivity contribution in [2.75, 3.05) is 7.05 Å². The minimum atomic E-state index is -3.64. The van der Waals surface area contributed by atoms with Gasteiger partial charge in [-0.05, 0) is 55.1 Å². The third-order valence-corrected chi connectivity index (χ3v) is 6.07. The second-order valence-electron chi connectivity index (χ2n) is 6.65. The highest BCUT2D eigenvalue weighted by molar-refractivity contribution is 7.89. The third kappa shape index (κ3) is 4.07. The van der Waals surface area contributed by atoms with E-state index in [1.54, 1.807) is 13.1 Å². The second kappa shape index (κ2) is 6.99. The number of hydrogen-bond acceptors (Lipinski definition) is 5. The van der Waals surface area contributed by atoms with Crippen LogP contribution < -0.4 is 4.72 Å². The van der Waals surface area contributed by atoms with Gasteiger partial charge in [0.1, 0.15) is 0 Å². The molecule has 1 fully saturated rings. The van der Waals surface area contributed by atoms with E-state index in [4.69, 9.17) is 0 Å². The average Bonchev–Trinajstić information content (AvgIpc) is 3.00. The van der Waals surface area contributed by atoms with Crippen molar-refractivity contribution in [3.63, 3.8) is 0 Å². The Balaban J connectivity index is 1.99. The van der Waals surface area contributed by atoms with E-state index >= 15 is 0 Å². The first-order valence-electron chi connectivity index (χ1n) is 8.39. The van der Waals surface area contributed by atoms with Crippen molar-refractivity contribution in [1.82, 2.24) is 24.9 Å². The Bertz CT molecular complexity index is 898. The van der Waals surface area contributed by atoms with Crippen LogP contribution in [0.4, 0.5) is 8.78 Å². The van der Waals surface area contributed by atoms with Gasteiger partial charge in [0.15, 0.2) is 0 Å². The van der Waals surface area contributed by atoms with Gasteiger partial charge in [-0.3, -0.25) is 0 Å². The summed E-state index contributed by atoms with van der Waals surface area (Å²) >= 11 is 0. The summed E-state index contributed by atoms with van der Waals surface area (Å²) in [4.78, 5) is 1.34. The second-order valence-corrected chi connectivity index (χ2v) is 8.54. The Kier molecular flexibility index (Phi) is 5.07. The molecule has 1 heterocycles. The first-order chi connectivity index (χ1) is 12.2. The Morgan fingerprint density at radius 3 is 2.77 bits per heavy atom. The molecule has 1 saturated carbocycles. The number of aryl methyl sites for hydroxylation is 1. The summed E-state index contributed by atoms with van der Waals surface area (Å²) in [6.45, 7) is 0. The molecule has 0 aliphatic heterocycles. The van der Waals surface area contributed by atoms with Gasteiger partial charge in [0.25, 0.3) is 0 Å². The van der Waals surface area contributed by atoms with E-state index in [2.05, 4.69) is 20.1 Å². The number of tetrazole rings is 1. The first kappa shape index (κ1) is 18.8. The van der Waals surface area contributed by atoms with Crippen molar-refractivity contribution in [3.05, 3.63) is 23.8 Å². The molecule has 0 spiro atoms. The van der Waals surface area contributed by atoms with Gasteiger partial charge in [-0.15, -0.1) is 10.2 Å². The molecule has 1 aliphatic carbocycles. The van der Waals surface area contributed by atoms with Crippen LogP contribution in [0.3, 0.4) is 0 Å². The summed E-state index contributed by atoms with van der Waals surface area (Å²) in [5.41, 5.74) is 1.25. The van der Waals surface area contributed by atoms with Crippen molar-refractivity contribution in [1.29, 1.82) is 0 Å². The number of sulfonamides is 1.